The molecular formula is C24H22BrN5O4S. The first-order valence-corrected chi connectivity index (χ1v) is 12.6. The fourth-order valence-corrected chi connectivity index (χ4v) is 5.89. The highest BCUT2D eigenvalue weighted by atomic mass is 79.9. The lowest BCUT2D eigenvalue weighted by molar-refractivity contribution is -0.136. The maximum Gasteiger partial charge on any atom is 0.319 e. The van der Waals surface area contributed by atoms with Crippen LogP contribution in [0.3, 0.4) is 0 Å². The van der Waals surface area contributed by atoms with Gasteiger partial charge in [0.2, 0.25) is 11.8 Å². The normalized spacial score (nSPS) is 18.0. The van der Waals surface area contributed by atoms with Gasteiger partial charge in [0.1, 0.15) is 11.0 Å². The highest BCUT2D eigenvalue weighted by Crippen LogP contribution is 2.32. The van der Waals surface area contributed by atoms with E-state index in [9.17, 15) is 19.2 Å². The third-order valence-corrected chi connectivity index (χ3v) is 7.93. The van der Waals surface area contributed by atoms with Gasteiger partial charge in [0.25, 0.3) is 5.91 Å². The Kier molecular flexibility index (Phi) is 5.84. The van der Waals surface area contributed by atoms with Crippen LogP contribution in [0.2, 0.25) is 0 Å². The van der Waals surface area contributed by atoms with Crippen LogP contribution in [0, 0.1) is 0 Å². The predicted molar refractivity (Wildman–Crippen MR) is 135 cm³/mol. The van der Waals surface area contributed by atoms with Crippen LogP contribution in [0.5, 0.6) is 0 Å². The maximum atomic E-state index is 12.8. The monoisotopic (exact) mass is 555 g/mol. The summed E-state index contributed by atoms with van der Waals surface area (Å²) in [6, 6.07) is 9.82. The van der Waals surface area contributed by atoms with Crippen LogP contribution >= 0.6 is 27.3 Å². The van der Waals surface area contributed by atoms with E-state index in [2.05, 4.69) is 36.9 Å². The number of amides is 5. The van der Waals surface area contributed by atoms with Gasteiger partial charge in [-0.1, -0.05) is 15.9 Å². The van der Waals surface area contributed by atoms with Crippen molar-refractivity contribution in [3.63, 3.8) is 0 Å². The smallest absolute Gasteiger partial charge is 0.319 e. The molecule has 11 heteroatoms. The molecule has 3 aromatic rings. The van der Waals surface area contributed by atoms with Gasteiger partial charge in [-0.05, 0) is 62.2 Å². The minimum Gasteiger partial charge on any atom is -0.326 e. The van der Waals surface area contributed by atoms with Gasteiger partial charge < -0.3 is 15.5 Å². The van der Waals surface area contributed by atoms with Crippen LogP contribution in [0.1, 0.15) is 47.6 Å². The Morgan fingerprint density at radius 2 is 2.00 bits per heavy atom. The first-order valence-electron chi connectivity index (χ1n) is 11.0. The van der Waals surface area contributed by atoms with E-state index in [0.29, 0.717) is 23.2 Å². The van der Waals surface area contributed by atoms with Gasteiger partial charge in [0, 0.05) is 28.7 Å². The number of urea groups is 1. The summed E-state index contributed by atoms with van der Waals surface area (Å²) < 4.78 is 1.99. The quantitative estimate of drug-likeness (QED) is 0.422. The number of piperidine rings is 1. The minimum atomic E-state index is -0.713. The second-order valence-electron chi connectivity index (χ2n) is 9.11. The average molecular weight is 556 g/mol. The first kappa shape index (κ1) is 23.4. The lowest BCUT2D eigenvalue weighted by Crippen LogP contribution is -2.52. The van der Waals surface area contributed by atoms with Gasteiger partial charge in [-0.15, -0.1) is 11.3 Å². The summed E-state index contributed by atoms with van der Waals surface area (Å²) in [5.41, 5.74) is 1.89. The predicted octanol–water partition coefficient (Wildman–Crippen LogP) is 3.88. The lowest BCUT2D eigenvalue weighted by Gasteiger charge is -2.29. The number of rotatable bonds is 4. The number of nitrogens with one attached hydrogen (secondary N) is 3. The van der Waals surface area contributed by atoms with Gasteiger partial charge >= 0.3 is 6.03 Å². The molecule has 1 saturated heterocycles. The van der Waals surface area contributed by atoms with Crippen LogP contribution < -0.4 is 16.0 Å². The SMILES string of the molecule is CC(C)(NC(=O)Nc1ccc2c(c1)CN(C1CCC(=O)NC1=O)C2=O)c1nc2ccc(Br)cc2s1. The molecule has 1 atom stereocenters. The molecule has 5 amide bonds. The number of aromatic nitrogens is 1. The van der Waals surface area contributed by atoms with E-state index in [4.69, 9.17) is 0 Å². The number of halogens is 1. The molecule has 2 aliphatic heterocycles. The molecular weight excluding hydrogens is 534 g/mol. The Morgan fingerprint density at radius 3 is 2.77 bits per heavy atom. The van der Waals surface area contributed by atoms with Crippen molar-refractivity contribution in [3.8, 4) is 0 Å². The van der Waals surface area contributed by atoms with Gasteiger partial charge in [-0.2, -0.15) is 0 Å². The van der Waals surface area contributed by atoms with Crippen molar-refractivity contribution in [2.24, 2.45) is 0 Å². The molecule has 0 saturated carbocycles. The zero-order chi connectivity index (χ0) is 24.9. The second-order valence-corrected chi connectivity index (χ2v) is 11.1. The zero-order valence-corrected chi connectivity index (χ0v) is 21.4. The van der Waals surface area contributed by atoms with Crippen LogP contribution in [0.15, 0.2) is 40.9 Å². The summed E-state index contributed by atoms with van der Waals surface area (Å²) in [6.07, 6.45) is 0.501. The molecule has 2 aliphatic rings. The van der Waals surface area contributed by atoms with Crippen molar-refractivity contribution in [1.29, 1.82) is 0 Å². The Balaban J connectivity index is 1.27. The molecule has 3 heterocycles. The molecule has 2 aromatic carbocycles. The average Bonchev–Trinajstić information content (AvgIpc) is 3.34. The highest BCUT2D eigenvalue weighted by Gasteiger charge is 2.39. The first-order chi connectivity index (χ1) is 16.6. The molecule has 1 aromatic heterocycles. The van der Waals surface area contributed by atoms with Gasteiger partial charge in [-0.25, -0.2) is 9.78 Å². The summed E-state index contributed by atoms with van der Waals surface area (Å²) in [5, 5.41) is 8.87. The van der Waals surface area contributed by atoms with E-state index in [1.807, 2.05) is 32.0 Å². The van der Waals surface area contributed by atoms with E-state index in [1.54, 1.807) is 18.2 Å². The van der Waals surface area contributed by atoms with Crippen molar-refractivity contribution in [2.75, 3.05) is 5.32 Å². The highest BCUT2D eigenvalue weighted by molar-refractivity contribution is 9.10. The van der Waals surface area contributed by atoms with Gasteiger partial charge in [0.15, 0.2) is 0 Å². The van der Waals surface area contributed by atoms with E-state index in [0.717, 1.165) is 19.7 Å². The number of thiazole rings is 1. The Bertz CT molecular complexity index is 1400. The summed E-state index contributed by atoms with van der Waals surface area (Å²) >= 11 is 4.98. The summed E-state index contributed by atoms with van der Waals surface area (Å²) in [7, 11) is 0. The molecule has 0 radical (unpaired) electrons. The molecule has 0 aliphatic carbocycles. The number of hydrogen-bond donors (Lipinski definition) is 3. The standard InChI is InChI=1S/C24H22BrN5O4S/c1-24(2,22-27-16-6-3-13(25)10-18(16)35-22)29-23(34)26-14-4-5-15-12(9-14)11-30(21(15)33)17-7-8-19(31)28-20(17)32/h3-6,9-10,17H,7-8,11H2,1-2H3,(H2,26,29,34)(H,28,31,32). The number of carbonyl (C=O) groups excluding carboxylic acids is 4. The number of benzene rings is 2. The number of nitrogens with zero attached hydrogens (tertiary/aromatic N) is 2. The van der Waals surface area contributed by atoms with Crippen molar-refractivity contribution >= 4 is 66.9 Å². The van der Waals surface area contributed by atoms with Crippen molar-refractivity contribution < 1.29 is 19.2 Å². The summed E-state index contributed by atoms with van der Waals surface area (Å²) in [5.74, 6) is -1.03. The third kappa shape index (κ3) is 4.53. The molecule has 0 spiro atoms. The van der Waals surface area contributed by atoms with Crippen LogP contribution in [-0.4, -0.2) is 39.7 Å². The zero-order valence-electron chi connectivity index (χ0n) is 19.0. The molecule has 3 N–H and O–H groups in total. The van der Waals surface area contributed by atoms with Crippen molar-refractivity contribution in [2.45, 2.75) is 44.8 Å². The van der Waals surface area contributed by atoms with Crippen LogP contribution in [0.4, 0.5) is 10.5 Å². The number of hydrogen-bond acceptors (Lipinski definition) is 6. The maximum absolute atomic E-state index is 12.8. The third-order valence-electron chi connectivity index (χ3n) is 6.09. The number of anilines is 1. The van der Waals surface area contributed by atoms with Crippen LogP contribution in [-0.2, 0) is 21.7 Å². The van der Waals surface area contributed by atoms with E-state index < -0.39 is 23.5 Å². The number of fused-ring (bicyclic) bond motifs is 2. The fourth-order valence-electron chi connectivity index (χ4n) is 4.32. The second kappa shape index (κ2) is 8.72. The molecule has 1 unspecified atom stereocenters. The molecule has 35 heavy (non-hydrogen) atoms. The van der Waals surface area contributed by atoms with E-state index in [1.165, 1.54) is 16.2 Å². The van der Waals surface area contributed by atoms with Crippen molar-refractivity contribution in [3.05, 3.63) is 57.0 Å². The Labute approximate surface area is 213 Å². The van der Waals surface area contributed by atoms with Gasteiger partial charge in [-0.3, -0.25) is 19.7 Å². The number of imide groups is 1. The topological polar surface area (TPSA) is 120 Å². The molecule has 5 rings (SSSR count). The fraction of sp³-hybridized carbons (Fsp3) is 0.292. The van der Waals surface area contributed by atoms with Gasteiger partial charge in [0.05, 0.1) is 15.8 Å². The molecule has 1 fully saturated rings. The summed E-state index contributed by atoms with van der Waals surface area (Å²) in [4.78, 5) is 55.5. The minimum absolute atomic E-state index is 0.200. The lowest BCUT2D eigenvalue weighted by atomic mass is 10.0. The molecule has 180 valence electrons. The van der Waals surface area contributed by atoms with E-state index in [-0.39, 0.29) is 24.8 Å². The van der Waals surface area contributed by atoms with Crippen LogP contribution in [0.25, 0.3) is 10.2 Å². The molecule has 9 nitrogen and oxygen atoms in total. The Hall–Kier alpha value is -3.31. The molecule has 0 bridgehead atoms. The van der Waals surface area contributed by atoms with Crippen molar-refractivity contribution in [1.82, 2.24) is 20.5 Å². The number of carbonyl (C=O) groups is 4. The van der Waals surface area contributed by atoms with E-state index >= 15 is 0 Å². The summed E-state index contributed by atoms with van der Waals surface area (Å²) in [6.45, 7) is 4.02. The Morgan fingerprint density at radius 1 is 1.20 bits per heavy atom. The largest absolute Gasteiger partial charge is 0.326 e.